The Morgan fingerprint density at radius 3 is 2.47 bits per heavy atom. The van der Waals surface area contributed by atoms with Crippen LogP contribution in [0.3, 0.4) is 0 Å². The first-order valence-corrected chi connectivity index (χ1v) is 5.29. The molecule has 0 aromatic heterocycles. The average Bonchev–Trinajstić information content (AvgIpc) is 2.22. The molecule has 0 saturated heterocycles. The maximum Gasteiger partial charge on any atom is 0.204 e. The van der Waals surface area contributed by atoms with Crippen molar-refractivity contribution in [3.63, 3.8) is 0 Å². The lowest BCUT2D eigenvalue weighted by Gasteiger charge is -2.57. The fourth-order valence-electron chi connectivity index (χ4n) is 3.15. The van der Waals surface area contributed by atoms with E-state index in [4.69, 9.17) is 4.74 Å². The van der Waals surface area contributed by atoms with Crippen LogP contribution in [-0.4, -0.2) is 18.7 Å². The monoisotopic (exact) mass is 208 g/mol. The Hall–Kier alpha value is -1.12. The third-order valence-corrected chi connectivity index (χ3v) is 4.42. The second kappa shape index (κ2) is 2.94. The lowest BCUT2D eigenvalue weighted by molar-refractivity contribution is -0.166. The molecule has 15 heavy (non-hydrogen) atoms. The van der Waals surface area contributed by atoms with Crippen molar-refractivity contribution in [1.29, 1.82) is 0 Å². The number of ketones is 2. The number of carbonyl (C=O) groups is 2. The second-order valence-electron chi connectivity index (χ2n) is 4.85. The van der Waals surface area contributed by atoms with E-state index in [1.54, 1.807) is 0 Å². The molecule has 0 aromatic rings. The summed E-state index contributed by atoms with van der Waals surface area (Å²) < 4.78 is 4.97. The van der Waals surface area contributed by atoms with Gasteiger partial charge in [-0.15, -0.1) is 0 Å². The van der Waals surface area contributed by atoms with Gasteiger partial charge in [0.25, 0.3) is 0 Å². The number of methoxy groups -OCH3 is 1. The van der Waals surface area contributed by atoms with Gasteiger partial charge in [0.2, 0.25) is 5.78 Å². The van der Waals surface area contributed by atoms with Crippen molar-refractivity contribution >= 4 is 11.6 Å². The van der Waals surface area contributed by atoms with Gasteiger partial charge in [-0.1, -0.05) is 20.8 Å². The van der Waals surface area contributed by atoms with Crippen LogP contribution in [0.2, 0.25) is 0 Å². The van der Waals surface area contributed by atoms with Crippen molar-refractivity contribution < 1.29 is 14.3 Å². The number of allylic oxidation sites excluding steroid dienone is 2. The number of Topliss-reactive ketones (excluding diaryl/α,β-unsaturated/α-hetero) is 1. The summed E-state index contributed by atoms with van der Waals surface area (Å²) >= 11 is 0. The van der Waals surface area contributed by atoms with E-state index in [1.165, 1.54) is 13.2 Å². The molecule has 3 unspecified atom stereocenters. The third-order valence-electron chi connectivity index (χ3n) is 4.42. The predicted octanol–water partition coefficient (Wildman–Crippen LogP) is 1.58. The number of carbonyl (C=O) groups excluding carboxylic acids is 2. The van der Waals surface area contributed by atoms with Crippen LogP contribution in [0.15, 0.2) is 11.8 Å². The van der Waals surface area contributed by atoms with Crippen LogP contribution >= 0.6 is 0 Å². The number of rotatable bonds is 1. The molecular formula is C12H16O3. The zero-order valence-electron chi connectivity index (χ0n) is 9.53. The Balaban J connectivity index is 2.47. The van der Waals surface area contributed by atoms with Gasteiger partial charge in [-0.25, -0.2) is 0 Å². The van der Waals surface area contributed by atoms with Crippen molar-refractivity contribution in [1.82, 2.24) is 0 Å². The van der Waals surface area contributed by atoms with E-state index in [2.05, 4.69) is 0 Å². The molecule has 1 fully saturated rings. The standard InChI is InChI=1S/C12H16O3/c1-6-7(2)12(3)10(6)8(13)5-9(15-4)11(12)14/h5-7,10H,1-4H3/t6?,7?,10?,12-/m0/s1. The summed E-state index contributed by atoms with van der Waals surface area (Å²) in [4.78, 5) is 23.9. The Kier molecular flexibility index (Phi) is 2.04. The fraction of sp³-hybridized carbons (Fsp3) is 0.667. The first kappa shape index (κ1) is 10.4. The van der Waals surface area contributed by atoms with Gasteiger partial charge >= 0.3 is 0 Å². The normalized spacial score (nSPS) is 44.3. The molecule has 2 rings (SSSR count). The molecule has 0 heterocycles. The highest BCUT2D eigenvalue weighted by Crippen LogP contribution is 2.59. The Labute approximate surface area is 89.5 Å². The van der Waals surface area contributed by atoms with Crippen LogP contribution in [0.5, 0.6) is 0 Å². The molecule has 1 saturated carbocycles. The molecule has 0 bridgehead atoms. The second-order valence-corrected chi connectivity index (χ2v) is 4.85. The topological polar surface area (TPSA) is 43.4 Å². The average molecular weight is 208 g/mol. The Bertz CT molecular complexity index is 369. The first-order chi connectivity index (χ1) is 6.94. The molecule has 0 aromatic carbocycles. The van der Waals surface area contributed by atoms with Gasteiger partial charge in [0.05, 0.1) is 7.11 Å². The minimum Gasteiger partial charge on any atom is -0.493 e. The minimum atomic E-state index is -0.531. The van der Waals surface area contributed by atoms with E-state index in [0.717, 1.165) is 0 Å². The van der Waals surface area contributed by atoms with Gasteiger partial charge in [0.15, 0.2) is 11.5 Å². The maximum absolute atomic E-state index is 12.1. The summed E-state index contributed by atoms with van der Waals surface area (Å²) in [5, 5.41) is 0. The summed E-state index contributed by atoms with van der Waals surface area (Å²) in [6.45, 7) is 5.95. The lowest BCUT2D eigenvalue weighted by atomic mass is 9.44. The highest BCUT2D eigenvalue weighted by Gasteiger charge is 2.64. The molecule has 3 nitrogen and oxygen atoms in total. The van der Waals surface area contributed by atoms with Crippen LogP contribution < -0.4 is 0 Å². The number of hydrogen-bond acceptors (Lipinski definition) is 3. The molecule has 2 aliphatic carbocycles. The maximum atomic E-state index is 12.1. The van der Waals surface area contributed by atoms with Crippen molar-refractivity contribution in [3.8, 4) is 0 Å². The van der Waals surface area contributed by atoms with E-state index in [9.17, 15) is 9.59 Å². The van der Waals surface area contributed by atoms with Crippen molar-refractivity contribution in [3.05, 3.63) is 11.8 Å². The van der Waals surface area contributed by atoms with E-state index in [-0.39, 0.29) is 29.2 Å². The summed E-state index contributed by atoms with van der Waals surface area (Å²) in [5.74, 6) is 0.648. The lowest BCUT2D eigenvalue weighted by Crippen LogP contribution is -2.62. The van der Waals surface area contributed by atoms with Crippen LogP contribution in [-0.2, 0) is 14.3 Å². The quantitative estimate of drug-likeness (QED) is 0.657. The molecule has 4 atom stereocenters. The number of hydrogen-bond donors (Lipinski definition) is 0. The van der Waals surface area contributed by atoms with Gasteiger partial charge in [-0.3, -0.25) is 9.59 Å². The van der Waals surface area contributed by atoms with Crippen molar-refractivity contribution in [2.75, 3.05) is 7.11 Å². The van der Waals surface area contributed by atoms with Crippen LogP contribution in [0.25, 0.3) is 0 Å². The van der Waals surface area contributed by atoms with Crippen molar-refractivity contribution in [2.24, 2.45) is 23.2 Å². The van der Waals surface area contributed by atoms with Crippen LogP contribution in [0.4, 0.5) is 0 Å². The predicted molar refractivity (Wildman–Crippen MR) is 55.0 cm³/mol. The van der Waals surface area contributed by atoms with Gasteiger partial charge in [-0.2, -0.15) is 0 Å². The van der Waals surface area contributed by atoms with E-state index in [0.29, 0.717) is 5.92 Å². The number of fused-ring (bicyclic) bond motifs is 1. The first-order valence-electron chi connectivity index (χ1n) is 5.29. The number of ether oxygens (including phenoxy) is 1. The SMILES string of the molecule is COC1=CC(=O)C2C(C)C(C)[C@]2(C)C1=O. The van der Waals surface area contributed by atoms with E-state index >= 15 is 0 Å². The summed E-state index contributed by atoms with van der Waals surface area (Å²) in [6.07, 6.45) is 1.36. The summed E-state index contributed by atoms with van der Waals surface area (Å²) in [6, 6.07) is 0. The van der Waals surface area contributed by atoms with Gasteiger partial charge in [-0.05, 0) is 11.8 Å². The molecule has 0 amide bonds. The molecule has 0 radical (unpaired) electrons. The highest BCUT2D eigenvalue weighted by atomic mass is 16.5. The summed E-state index contributed by atoms with van der Waals surface area (Å²) in [7, 11) is 1.44. The van der Waals surface area contributed by atoms with E-state index in [1.807, 2.05) is 20.8 Å². The molecule has 2 aliphatic rings. The van der Waals surface area contributed by atoms with Crippen molar-refractivity contribution in [2.45, 2.75) is 20.8 Å². The molecule has 0 aliphatic heterocycles. The molecule has 0 spiro atoms. The van der Waals surface area contributed by atoms with Gasteiger partial charge < -0.3 is 4.74 Å². The minimum absolute atomic E-state index is 0.0137. The smallest absolute Gasteiger partial charge is 0.204 e. The Morgan fingerprint density at radius 2 is 1.93 bits per heavy atom. The van der Waals surface area contributed by atoms with Gasteiger partial charge in [0, 0.05) is 17.4 Å². The Morgan fingerprint density at radius 1 is 1.33 bits per heavy atom. The zero-order chi connectivity index (χ0) is 11.4. The summed E-state index contributed by atoms with van der Waals surface area (Å²) in [5.41, 5.74) is -0.531. The largest absolute Gasteiger partial charge is 0.493 e. The third kappa shape index (κ3) is 1.01. The van der Waals surface area contributed by atoms with E-state index < -0.39 is 5.41 Å². The molecular weight excluding hydrogens is 192 g/mol. The fourth-order valence-corrected chi connectivity index (χ4v) is 3.15. The molecule has 0 N–H and O–H groups in total. The highest BCUT2D eigenvalue weighted by molar-refractivity contribution is 6.12. The molecule has 82 valence electrons. The van der Waals surface area contributed by atoms with Crippen LogP contribution in [0.1, 0.15) is 20.8 Å². The zero-order valence-corrected chi connectivity index (χ0v) is 9.53. The van der Waals surface area contributed by atoms with Gasteiger partial charge in [0.1, 0.15) is 0 Å². The molecule has 3 heteroatoms. The van der Waals surface area contributed by atoms with Crippen LogP contribution in [0, 0.1) is 23.2 Å².